The Balaban J connectivity index is 1.20. The van der Waals surface area contributed by atoms with E-state index in [1.54, 1.807) is 23.1 Å². The fourth-order valence-corrected chi connectivity index (χ4v) is 5.49. The van der Waals surface area contributed by atoms with E-state index in [0.717, 1.165) is 47.7 Å². The van der Waals surface area contributed by atoms with Gasteiger partial charge in [-0.1, -0.05) is 29.9 Å². The van der Waals surface area contributed by atoms with Crippen molar-refractivity contribution in [2.24, 2.45) is 0 Å². The second kappa shape index (κ2) is 8.03. The minimum Gasteiger partial charge on any atom is -0.467 e. The molecule has 3 aliphatic rings. The number of rotatable bonds is 4. The number of piperidine rings is 1. The van der Waals surface area contributed by atoms with E-state index in [1.807, 2.05) is 0 Å². The number of likely N-dealkylation sites (tertiary alicyclic amines) is 1. The summed E-state index contributed by atoms with van der Waals surface area (Å²) in [7, 11) is 0. The summed E-state index contributed by atoms with van der Waals surface area (Å²) >= 11 is 1.54. The van der Waals surface area contributed by atoms with Gasteiger partial charge in [0.15, 0.2) is 0 Å². The van der Waals surface area contributed by atoms with Crippen LogP contribution in [0.4, 0.5) is 4.39 Å². The molecule has 1 saturated heterocycles. The average Bonchev–Trinajstić information content (AvgIpc) is 3.09. The number of nitrogens with zero attached hydrogens (tertiary/aromatic N) is 3. The Kier molecular flexibility index (Phi) is 5.26. The van der Waals surface area contributed by atoms with Gasteiger partial charge in [-0.25, -0.2) is 9.37 Å². The second-order valence-electron chi connectivity index (χ2n) is 8.24. The number of ether oxygens (including phenoxy) is 1. The van der Waals surface area contributed by atoms with Gasteiger partial charge in [0, 0.05) is 32.1 Å². The molecule has 2 aromatic rings. The Bertz CT molecular complexity index is 890. The van der Waals surface area contributed by atoms with Crippen LogP contribution >= 0.6 is 11.3 Å². The molecule has 5 rings (SSSR count). The van der Waals surface area contributed by atoms with Crippen molar-refractivity contribution in [3.8, 4) is 5.19 Å². The highest BCUT2D eigenvalue weighted by Crippen LogP contribution is 2.33. The molecule has 29 heavy (non-hydrogen) atoms. The maximum atomic E-state index is 14.0. The molecule has 0 atom stereocenters. The van der Waals surface area contributed by atoms with Crippen LogP contribution in [0.25, 0.3) is 0 Å². The van der Waals surface area contributed by atoms with Gasteiger partial charge in [-0.3, -0.25) is 4.79 Å². The van der Waals surface area contributed by atoms with E-state index in [-0.39, 0.29) is 17.6 Å². The highest BCUT2D eigenvalue weighted by molar-refractivity contribution is 7.13. The third-order valence-corrected chi connectivity index (χ3v) is 7.41. The third kappa shape index (κ3) is 3.90. The van der Waals surface area contributed by atoms with Gasteiger partial charge in [-0.05, 0) is 37.8 Å². The highest BCUT2D eigenvalue weighted by Gasteiger charge is 2.31. The van der Waals surface area contributed by atoms with E-state index in [9.17, 15) is 9.18 Å². The monoisotopic (exact) mass is 415 g/mol. The Morgan fingerprint density at radius 3 is 2.66 bits per heavy atom. The number of halogens is 1. The molecule has 2 fully saturated rings. The molecule has 1 amide bonds. The number of fused-ring (bicyclic) bond motifs is 1. The van der Waals surface area contributed by atoms with E-state index in [2.05, 4.69) is 9.88 Å². The third-order valence-electron chi connectivity index (χ3n) is 6.44. The summed E-state index contributed by atoms with van der Waals surface area (Å²) in [5.41, 5.74) is 1.16. The zero-order valence-electron chi connectivity index (χ0n) is 16.5. The molecular formula is C22H26FN3O2S. The van der Waals surface area contributed by atoms with Crippen LogP contribution in [0.3, 0.4) is 0 Å². The summed E-state index contributed by atoms with van der Waals surface area (Å²) in [6.45, 7) is 3.27. The predicted octanol–water partition coefficient (Wildman–Crippen LogP) is 3.88. The van der Waals surface area contributed by atoms with Crippen molar-refractivity contribution in [1.82, 2.24) is 14.8 Å². The van der Waals surface area contributed by atoms with Crippen LogP contribution in [0.5, 0.6) is 5.19 Å². The first-order valence-corrected chi connectivity index (χ1v) is 11.4. The molecule has 1 saturated carbocycles. The molecule has 2 aliphatic heterocycles. The van der Waals surface area contributed by atoms with E-state index in [0.29, 0.717) is 19.5 Å². The van der Waals surface area contributed by atoms with E-state index in [1.165, 1.54) is 36.7 Å². The molecule has 1 aromatic heterocycles. The molecule has 3 heterocycles. The summed E-state index contributed by atoms with van der Waals surface area (Å²) in [5.74, 6) is -0.724. The molecule has 0 bridgehead atoms. The Morgan fingerprint density at radius 1 is 1.14 bits per heavy atom. The second-order valence-corrected chi connectivity index (χ2v) is 9.29. The molecule has 1 aromatic carbocycles. The van der Waals surface area contributed by atoms with Crippen molar-refractivity contribution >= 4 is 17.2 Å². The Hall–Kier alpha value is -1.99. The molecule has 154 valence electrons. The fourth-order valence-electron chi connectivity index (χ4n) is 4.45. The van der Waals surface area contributed by atoms with Gasteiger partial charge < -0.3 is 14.5 Å². The quantitative estimate of drug-likeness (QED) is 0.760. The van der Waals surface area contributed by atoms with Crippen LogP contribution in [0.15, 0.2) is 24.3 Å². The van der Waals surface area contributed by atoms with Crippen molar-refractivity contribution in [3.05, 3.63) is 46.2 Å². The Morgan fingerprint density at radius 2 is 1.93 bits per heavy atom. The van der Waals surface area contributed by atoms with Crippen LogP contribution < -0.4 is 4.74 Å². The molecule has 7 heteroatoms. The summed E-state index contributed by atoms with van der Waals surface area (Å²) in [6, 6.07) is 6.98. The number of amides is 1. The molecule has 0 radical (unpaired) electrons. The van der Waals surface area contributed by atoms with Crippen LogP contribution in [0.1, 0.15) is 53.0 Å². The first kappa shape index (κ1) is 19.0. The molecule has 1 aliphatic carbocycles. The van der Waals surface area contributed by atoms with E-state index in [4.69, 9.17) is 4.74 Å². The van der Waals surface area contributed by atoms with Crippen molar-refractivity contribution in [2.75, 3.05) is 19.6 Å². The smallest absolute Gasteiger partial charge is 0.273 e. The lowest BCUT2D eigenvalue weighted by atomic mass is 9.90. The van der Waals surface area contributed by atoms with Gasteiger partial charge in [0.1, 0.15) is 11.9 Å². The number of hydrogen-bond donors (Lipinski definition) is 0. The molecule has 0 N–H and O–H groups in total. The number of benzene rings is 1. The topological polar surface area (TPSA) is 45.7 Å². The maximum Gasteiger partial charge on any atom is 0.273 e. The fraction of sp³-hybridized carbons (Fsp3) is 0.545. The standard InChI is InChI=1S/C22H26FN3O2S/c23-18-7-2-1-6-17(18)21(27)26-13-10-19-20(14-26)29-22(24-19)28-16-8-11-25(12-9-16)15-4-3-5-15/h1-2,6-7,15-16H,3-5,8-14H2. The van der Waals surface area contributed by atoms with Crippen molar-refractivity contribution in [3.63, 3.8) is 0 Å². The SMILES string of the molecule is O=C(c1ccccc1F)N1CCc2nc(OC3CCN(C4CCC4)CC3)sc2C1. The van der Waals surface area contributed by atoms with E-state index < -0.39 is 5.82 Å². The van der Waals surface area contributed by atoms with Crippen molar-refractivity contribution < 1.29 is 13.9 Å². The minimum atomic E-state index is -0.468. The van der Waals surface area contributed by atoms with Crippen LogP contribution in [0.2, 0.25) is 0 Å². The lowest BCUT2D eigenvalue weighted by Crippen LogP contribution is -2.46. The molecule has 5 nitrogen and oxygen atoms in total. The molecule has 0 spiro atoms. The average molecular weight is 416 g/mol. The van der Waals surface area contributed by atoms with Gasteiger partial charge in [-0.15, -0.1) is 0 Å². The Labute approximate surface area is 174 Å². The molecule has 0 unspecified atom stereocenters. The first-order valence-electron chi connectivity index (χ1n) is 10.6. The molecular weight excluding hydrogens is 389 g/mol. The maximum absolute atomic E-state index is 14.0. The van der Waals surface area contributed by atoms with Crippen LogP contribution in [-0.2, 0) is 13.0 Å². The number of carbonyl (C=O) groups excluding carboxylic acids is 1. The minimum absolute atomic E-state index is 0.134. The van der Waals surface area contributed by atoms with Crippen LogP contribution in [0, 0.1) is 5.82 Å². The summed E-state index contributed by atoms with van der Waals surface area (Å²) in [6.07, 6.45) is 7.12. The van der Waals surface area contributed by atoms with Crippen LogP contribution in [-0.4, -0.2) is 52.5 Å². The normalized spacial score (nSPS) is 20.9. The zero-order valence-corrected chi connectivity index (χ0v) is 17.3. The summed E-state index contributed by atoms with van der Waals surface area (Å²) in [5, 5.41) is 0.720. The van der Waals surface area contributed by atoms with Gasteiger partial charge in [-0.2, -0.15) is 0 Å². The zero-order chi connectivity index (χ0) is 19.8. The van der Waals surface area contributed by atoms with E-state index >= 15 is 0 Å². The largest absolute Gasteiger partial charge is 0.467 e. The number of aromatic nitrogens is 1. The van der Waals surface area contributed by atoms with Gasteiger partial charge >= 0.3 is 0 Å². The van der Waals surface area contributed by atoms with Gasteiger partial charge in [0.2, 0.25) is 0 Å². The first-order chi connectivity index (χ1) is 14.2. The lowest BCUT2D eigenvalue weighted by molar-refractivity contribution is 0.0492. The number of hydrogen-bond acceptors (Lipinski definition) is 5. The number of thiazole rings is 1. The lowest BCUT2D eigenvalue weighted by Gasteiger charge is -2.41. The van der Waals surface area contributed by atoms with Crippen molar-refractivity contribution in [2.45, 2.75) is 57.2 Å². The summed E-state index contributed by atoms with van der Waals surface area (Å²) < 4.78 is 20.2. The predicted molar refractivity (Wildman–Crippen MR) is 110 cm³/mol. The van der Waals surface area contributed by atoms with Gasteiger partial charge in [0.25, 0.3) is 11.1 Å². The number of carbonyl (C=O) groups is 1. The highest BCUT2D eigenvalue weighted by atomic mass is 32.1. The van der Waals surface area contributed by atoms with Gasteiger partial charge in [0.05, 0.1) is 22.7 Å². The summed E-state index contributed by atoms with van der Waals surface area (Å²) in [4.78, 5) is 22.8. The van der Waals surface area contributed by atoms with Crippen molar-refractivity contribution in [1.29, 1.82) is 0 Å².